The molecule has 8 nitrogen and oxygen atoms in total. The molecule has 1 N–H and O–H groups in total. The Balaban J connectivity index is 1.44. The van der Waals surface area contributed by atoms with Gasteiger partial charge >= 0.3 is 11.9 Å². The average Bonchev–Trinajstić information content (AvgIpc) is 3.13. The van der Waals surface area contributed by atoms with Gasteiger partial charge in [0.1, 0.15) is 18.0 Å². The second kappa shape index (κ2) is 6.60. The molecular weight excluding hydrogens is 500 g/mol. The van der Waals surface area contributed by atoms with Crippen LogP contribution in [0.2, 0.25) is 0 Å². The van der Waals surface area contributed by atoms with E-state index in [9.17, 15) is 19.5 Å². The van der Waals surface area contributed by atoms with Crippen LogP contribution in [0, 0.1) is 44.3 Å². The van der Waals surface area contributed by atoms with Crippen molar-refractivity contribution < 1.29 is 38.4 Å². The van der Waals surface area contributed by atoms with Crippen molar-refractivity contribution in [3.8, 4) is 0 Å². The number of hydrogen-bond acceptors (Lipinski definition) is 8. The average molecular weight is 537 g/mol. The van der Waals surface area contributed by atoms with Crippen LogP contribution < -0.4 is 0 Å². The van der Waals surface area contributed by atoms with Crippen LogP contribution in [-0.2, 0) is 33.3 Å². The summed E-state index contributed by atoms with van der Waals surface area (Å²) in [6.07, 6.45) is -2.74. The lowest BCUT2D eigenvalue weighted by molar-refractivity contribution is -0.473. The van der Waals surface area contributed by atoms with E-state index >= 15 is 0 Å². The highest BCUT2D eigenvalue weighted by Crippen LogP contribution is 3.06. The fraction of sp³-hybridized carbons (Fsp3) is 0.710. The van der Waals surface area contributed by atoms with E-state index in [2.05, 4.69) is 20.8 Å². The summed E-state index contributed by atoms with van der Waals surface area (Å²) in [5.41, 5.74) is -4.18. The highest BCUT2D eigenvalue weighted by atomic mass is 16.7. The summed E-state index contributed by atoms with van der Waals surface area (Å²) < 4.78 is 26.0. The summed E-state index contributed by atoms with van der Waals surface area (Å²) in [5.74, 6) is -1.77. The first-order valence-electron chi connectivity index (χ1n) is 14.3. The van der Waals surface area contributed by atoms with Gasteiger partial charge < -0.3 is 24.1 Å². The molecule has 7 saturated carbocycles. The maximum atomic E-state index is 14.8. The molecule has 1 aliphatic heterocycles. The topological polar surface area (TPSA) is 108 Å². The number of aliphatic hydroxyl groups is 1. The summed E-state index contributed by atoms with van der Waals surface area (Å²) in [7, 11) is 0. The summed E-state index contributed by atoms with van der Waals surface area (Å²) in [6, 6.07) is 9.80. The fourth-order valence-electron chi connectivity index (χ4n) is 13.4. The number of carbonyl (C=O) groups excluding carboxylic acids is 3. The van der Waals surface area contributed by atoms with Crippen molar-refractivity contribution in [3.63, 3.8) is 0 Å². The van der Waals surface area contributed by atoms with Crippen molar-refractivity contribution in [1.29, 1.82) is 0 Å². The minimum absolute atomic E-state index is 0.0659. The Kier molecular flexibility index (Phi) is 4.15. The Bertz CT molecular complexity index is 1360. The molecule has 9 rings (SSSR count). The number of benzene rings is 1. The summed E-state index contributed by atoms with van der Waals surface area (Å²) >= 11 is 0. The van der Waals surface area contributed by atoms with E-state index in [1.165, 1.54) is 13.8 Å². The van der Waals surface area contributed by atoms with E-state index in [1.807, 2.05) is 37.3 Å². The molecule has 13 atom stereocenters. The third-order valence-electron chi connectivity index (χ3n) is 13.4. The van der Waals surface area contributed by atoms with Crippen LogP contribution in [0.5, 0.6) is 0 Å². The Morgan fingerprint density at radius 2 is 1.59 bits per heavy atom. The number of Topliss-reactive ketones (excluding diaryl/α,β-unsaturated/α-hetero) is 1. The molecule has 0 radical (unpaired) electrons. The van der Waals surface area contributed by atoms with Gasteiger partial charge in [0.05, 0.1) is 24.2 Å². The van der Waals surface area contributed by atoms with E-state index in [4.69, 9.17) is 18.9 Å². The zero-order chi connectivity index (χ0) is 27.7. The van der Waals surface area contributed by atoms with Gasteiger partial charge in [0, 0.05) is 52.4 Å². The van der Waals surface area contributed by atoms with Gasteiger partial charge in [0.2, 0.25) is 0 Å². The predicted molar refractivity (Wildman–Crippen MR) is 135 cm³/mol. The molecule has 39 heavy (non-hydrogen) atoms. The van der Waals surface area contributed by atoms with Crippen LogP contribution in [0.4, 0.5) is 0 Å². The SMILES string of the molecule is CC(=O)O[C@H]1[C@H](OC(C)=O)[C@]2(C)CC[C@@H]3OC(c4ccccc4)O[C@@H]4[C@H]5C(=O)[C@]6(C)[C@]34[C@@]23[C@H](O)[C@@H]5C(C)(C)[C@]163. The zero-order valence-electron chi connectivity index (χ0n) is 23.2. The van der Waals surface area contributed by atoms with E-state index in [1.54, 1.807) is 0 Å². The van der Waals surface area contributed by atoms with Crippen molar-refractivity contribution >= 4 is 17.7 Å². The van der Waals surface area contributed by atoms with Crippen LogP contribution in [0.15, 0.2) is 30.3 Å². The first kappa shape index (κ1) is 24.5. The highest BCUT2D eigenvalue weighted by Gasteiger charge is 3.13. The maximum absolute atomic E-state index is 14.8. The molecule has 8 fully saturated rings. The standard InChI is InChI=1S/C31H36O8/c1-14(32)36-23-24(37-15(2)33)31-26(3,4)19-18-20(34)28(31,6)29-17(12-13-27(23,5)30(29,31)21(19)35)38-25(39-22(18)29)16-10-8-7-9-11-16/h7-11,17-19,21-25,35H,12-13H2,1-6H3/t17-,18+,19+,21+,22+,23-,24-,25?,27-,28+,29-,30+,31+/m0/s1. The number of rotatable bonds is 3. The van der Waals surface area contributed by atoms with E-state index in [-0.39, 0.29) is 17.8 Å². The molecule has 0 aromatic heterocycles. The lowest BCUT2D eigenvalue weighted by Crippen LogP contribution is -2.90. The minimum atomic E-state index is -1.00. The Labute approximate surface area is 227 Å². The highest BCUT2D eigenvalue weighted by molar-refractivity contribution is 5.99. The number of esters is 2. The molecule has 6 bridgehead atoms. The molecular formula is C31H36O8. The summed E-state index contributed by atoms with van der Waals surface area (Å²) in [4.78, 5) is 40.1. The van der Waals surface area contributed by atoms with Crippen LogP contribution >= 0.6 is 0 Å². The molecule has 8 heteroatoms. The monoisotopic (exact) mass is 536 g/mol. The second-order valence-electron chi connectivity index (χ2n) is 14.1. The lowest BCUT2D eigenvalue weighted by Gasteiger charge is -2.84. The first-order valence-corrected chi connectivity index (χ1v) is 14.3. The van der Waals surface area contributed by atoms with Crippen molar-refractivity contribution in [3.05, 3.63) is 35.9 Å². The number of ether oxygens (including phenoxy) is 4. The second-order valence-corrected chi connectivity index (χ2v) is 14.1. The minimum Gasteiger partial charge on any atom is -0.458 e. The molecule has 8 aliphatic rings. The van der Waals surface area contributed by atoms with Gasteiger partial charge in [-0.15, -0.1) is 0 Å². The first-order chi connectivity index (χ1) is 18.3. The van der Waals surface area contributed by atoms with Gasteiger partial charge in [-0.05, 0) is 18.3 Å². The van der Waals surface area contributed by atoms with Gasteiger partial charge in [-0.2, -0.15) is 0 Å². The van der Waals surface area contributed by atoms with Crippen molar-refractivity contribution in [1.82, 2.24) is 0 Å². The zero-order valence-corrected chi connectivity index (χ0v) is 23.2. The Hall–Kier alpha value is -2.29. The molecule has 1 unspecified atom stereocenters. The number of hydrogen-bond donors (Lipinski definition) is 1. The Morgan fingerprint density at radius 3 is 2.23 bits per heavy atom. The van der Waals surface area contributed by atoms with Gasteiger partial charge in [0.25, 0.3) is 0 Å². The van der Waals surface area contributed by atoms with Gasteiger partial charge in [-0.1, -0.05) is 58.0 Å². The normalized spacial score (nSPS) is 56.1. The number of ketones is 1. The molecule has 208 valence electrons. The number of aliphatic hydroxyl groups excluding tert-OH is 1. The quantitative estimate of drug-likeness (QED) is 0.586. The van der Waals surface area contributed by atoms with Crippen molar-refractivity contribution in [2.45, 2.75) is 91.2 Å². The van der Waals surface area contributed by atoms with E-state index in [0.29, 0.717) is 12.8 Å². The van der Waals surface area contributed by atoms with Crippen molar-refractivity contribution in [2.75, 3.05) is 0 Å². The number of carbonyl (C=O) groups is 3. The molecule has 3 spiro atoms. The van der Waals surface area contributed by atoms with Crippen LogP contribution in [-0.4, -0.2) is 53.3 Å². The predicted octanol–water partition coefficient (Wildman–Crippen LogP) is 3.35. The van der Waals surface area contributed by atoms with Gasteiger partial charge in [-0.3, -0.25) is 14.4 Å². The van der Waals surface area contributed by atoms with Crippen LogP contribution in [0.25, 0.3) is 0 Å². The van der Waals surface area contributed by atoms with E-state index < -0.39 is 81.1 Å². The van der Waals surface area contributed by atoms with Crippen molar-refractivity contribution in [2.24, 2.45) is 44.3 Å². The van der Waals surface area contributed by atoms with Gasteiger partial charge in [0.15, 0.2) is 6.29 Å². The van der Waals surface area contributed by atoms with Crippen LogP contribution in [0.3, 0.4) is 0 Å². The largest absolute Gasteiger partial charge is 0.458 e. The lowest BCUT2D eigenvalue weighted by atomic mass is 9.18. The molecule has 0 amide bonds. The van der Waals surface area contributed by atoms with E-state index in [0.717, 1.165) is 5.56 Å². The molecule has 1 heterocycles. The Morgan fingerprint density at radius 1 is 0.949 bits per heavy atom. The maximum Gasteiger partial charge on any atom is 0.303 e. The fourth-order valence-corrected chi connectivity index (χ4v) is 13.4. The van der Waals surface area contributed by atoms with Gasteiger partial charge in [-0.25, -0.2) is 0 Å². The molecule has 1 aromatic rings. The third-order valence-corrected chi connectivity index (χ3v) is 13.4. The van der Waals surface area contributed by atoms with Crippen LogP contribution in [0.1, 0.15) is 66.2 Å². The molecule has 1 aromatic carbocycles. The summed E-state index contributed by atoms with van der Waals surface area (Å²) in [6.45, 7) is 11.0. The summed E-state index contributed by atoms with van der Waals surface area (Å²) in [5, 5.41) is 12.6. The molecule has 7 aliphatic carbocycles. The third kappa shape index (κ3) is 1.86. The molecule has 1 saturated heterocycles. The smallest absolute Gasteiger partial charge is 0.303 e.